The van der Waals surface area contributed by atoms with Gasteiger partial charge in [-0.2, -0.15) is 0 Å². The fourth-order valence-electron chi connectivity index (χ4n) is 2.43. The fourth-order valence-corrected chi connectivity index (χ4v) is 2.43. The van der Waals surface area contributed by atoms with Gasteiger partial charge in [-0.05, 0) is 17.3 Å². The molecule has 1 heterocycles. The number of rotatable bonds is 2. The monoisotopic (exact) mass is 178 g/mol. The van der Waals surface area contributed by atoms with Crippen molar-refractivity contribution in [3.63, 3.8) is 0 Å². The number of hydrogen-bond donors (Lipinski definition) is 0. The summed E-state index contributed by atoms with van der Waals surface area (Å²) in [6.07, 6.45) is 3.80. The summed E-state index contributed by atoms with van der Waals surface area (Å²) in [6.45, 7) is 16.8. The van der Waals surface area contributed by atoms with Crippen molar-refractivity contribution in [1.29, 1.82) is 0 Å². The second kappa shape index (κ2) is 3.18. The van der Waals surface area contributed by atoms with Gasteiger partial charge >= 0.3 is 0 Å². The van der Waals surface area contributed by atoms with E-state index in [4.69, 9.17) is 0 Å². The van der Waals surface area contributed by atoms with E-state index < -0.39 is 0 Å². The van der Waals surface area contributed by atoms with Crippen LogP contribution in [-0.2, 0) is 0 Å². The molecule has 1 fully saturated rings. The Labute approximate surface area is 83.9 Å². The summed E-state index contributed by atoms with van der Waals surface area (Å²) in [5, 5.41) is 0. The lowest BCUT2D eigenvalue weighted by Gasteiger charge is -2.35. The van der Waals surface area contributed by atoms with Gasteiger partial charge < -0.3 is 0 Å². The Balaban J connectivity index is 2.76. The van der Waals surface area contributed by atoms with E-state index >= 15 is 0 Å². The molecule has 0 aromatic rings. The van der Waals surface area contributed by atoms with Crippen molar-refractivity contribution in [2.45, 2.75) is 53.7 Å². The Hall–Kier alpha value is -0.195. The van der Waals surface area contributed by atoms with Crippen LogP contribution in [0.2, 0.25) is 12.6 Å². The van der Waals surface area contributed by atoms with Crippen LogP contribution in [0.15, 0.2) is 12.1 Å². The van der Waals surface area contributed by atoms with E-state index in [1.54, 1.807) is 0 Å². The highest BCUT2D eigenvalue weighted by atomic mass is 14.4. The van der Waals surface area contributed by atoms with E-state index in [1.165, 1.54) is 18.1 Å². The molecule has 0 radical (unpaired) electrons. The van der Waals surface area contributed by atoms with E-state index in [1.807, 2.05) is 0 Å². The summed E-state index contributed by atoms with van der Waals surface area (Å²) in [5.41, 5.74) is 2.42. The lowest BCUT2D eigenvalue weighted by molar-refractivity contribution is 0.177. The second-order valence-corrected chi connectivity index (χ2v) is 5.88. The quantitative estimate of drug-likeness (QED) is 0.559. The molecule has 1 rings (SSSR count). The lowest BCUT2D eigenvalue weighted by Crippen LogP contribution is -2.24. The Morgan fingerprint density at radius 2 is 1.54 bits per heavy atom. The van der Waals surface area contributed by atoms with Gasteiger partial charge in [-0.3, -0.25) is 0 Å². The smallest absolute Gasteiger partial charge is 0.109 e. The zero-order valence-corrected chi connectivity index (χ0v) is 9.91. The molecule has 1 aliphatic heterocycles. The normalized spacial score (nSPS) is 24.8. The first-order valence-electron chi connectivity index (χ1n) is 5.48. The molecule has 74 valence electrons. The van der Waals surface area contributed by atoms with Gasteiger partial charge in [-0.15, -0.1) is 12.1 Å². The average molecular weight is 178 g/mol. The standard InChI is InChI=1S/C12H23B/c1-7-10(2)13-8-11(3,4)12(5,6)9-13/h2,7-9H2,1,3-6H3. The molecule has 0 unspecified atom stereocenters. The van der Waals surface area contributed by atoms with Gasteiger partial charge in [0.15, 0.2) is 6.71 Å². The van der Waals surface area contributed by atoms with Crippen LogP contribution in [0.4, 0.5) is 0 Å². The zero-order valence-electron chi connectivity index (χ0n) is 9.91. The van der Waals surface area contributed by atoms with Crippen molar-refractivity contribution in [2.75, 3.05) is 0 Å². The third-order valence-electron chi connectivity index (χ3n) is 4.38. The van der Waals surface area contributed by atoms with Crippen LogP contribution in [0, 0.1) is 10.8 Å². The van der Waals surface area contributed by atoms with Crippen molar-refractivity contribution < 1.29 is 0 Å². The fraction of sp³-hybridized carbons (Fsp3) is 0.833. The number of hydrogen-bond acceptors (Lipinski definition) is 0. The highest BCUT2D eigenvalue weighted by molar-refractivity contribution is 6.67. The van der Waals surface area contributed by atoms with Crippen LogP contribution in [0.3, 0.4) is 0 Å². The number of allylic oxidation sites excluding steroid dienone is 1. The molecular weight excluding hydrogens is 155 g/mol. The Morgan fingerprint density at radius 3 is 1.85 bits per heavy atom. The summed E-state index contributed by atoms with van der Waals surface area (Å²) in [7, 11) is 0. The Bertz CT molecular complexity index is 197. The first-order valence-corrected chi connectivity index (χ1v) is 5.48. The van der Waals surface area contributed by atoms with Gasteiger partial charge in [0.1, 0.15) is 0 Å². The molecule has 1 aliphatic rings. The molecule has 0 aromatic heterocycles. The maximum Gasteiger partial charge on any atom is 0.170 e. The third-order valence-corrected chi connectivity index (χ3v) is 4.38. The van der Waals surface area contributed by atoms with Crippen molar-refractivity contribution >= 4 is 6.71 Å². The molecule has 0 atom stereocenters. The third kappa shape index (κ3) is 1.84. The van der Waals surface area contributed by atoms with E-state index in [0.29, 0.717) is 10.8 Å². The van der Waals surface area contributed by atoms with Crippen LogP contribution in [0.5, 0.6) is 0 Å². The predicted molar refractivity (Wildman–Crippen MR) is 62.4 cm³/mol. The highest BCUT2D eigenvalue weighted by Crippen LogP contribution is 2.54. The molecule has 0 amide bonds. The minimum absolute atomic E-state index is 0.482. The van der Waals surface area contributed by atoms with Gasteiger partial charge in [-0.25, -0.2) is 0 Å². The summed E-state index contributed by atoms with van der Waals surface area (Å²) >= 11 is 0. The first-order chi connectivity index (χ1) is 5.80. The molecule has 0 bridgehead atoms. The maximum atomic E-state index is 4.19. The van der Waals surface area contributed by atoms with E-state index in [-0.39, 0.29) is 0 Å². The molecule has 0 aliphatic carbocycles. The van der Waals surface area contributed by atoms with Gasteiger partial charge in [0.25, 0.3) is 0 Å². The van der Waals surface area contributed by atoms with Crippen molar-refractivity contribution in [3.05, 3.63) is 12.1 Å². The van der Waals surface area contributed by atoms with Crippen molar-refractivity contribution in [2.24, 2.45) is 10.8 Å². The Kier molecular flexibility index (Phi) is 2.67. The SMILES string of the molecule is C=C(CC)B1CC(C)(C)C(C)(C)C1. The topological polar surface area (TPSA) is 0 Å². The lowest BCUT2D eigenvalue weighted by atomic mass is 9.41. The van der Waals surface area contributed by atoms with Crippen LogP contribution >= 0.6 is 0 Å². The van der Waals surface area contributed by atoms with Gasteiger partial charge in [0.2, 0.25) is 0 Å². The van der Waals surface area contributed by atoms with Crippen molar-refractivity contribution in [3.8, 4) is 0 Å². The summed E-state index contributed by atoms with van der Waals surface area (Å²) in [4.78, 5) is 0. The molecule has 0 N–H and O–H groups in total. The van der Waals surface area contributed by atoms with Gasteiger partial charge in [0.05, 0.1) is 0 Å². The molecule has 0 nitrogen and oxygen atoms in total. The average Bonchev–Trinajstić information content (AvgIpc) is 2.20. The van der Waals surface area contributed by atoms with Gasteiger partial charge in [0, 0.05) is 0 Å². The van der Waals surface area contributed by atoms with Crippen LogP contribution < -0.4 is 0 Å². The summed E-state index contributed by atoms with van der Waals surface area (Å²) in [6, 6.07) is 0. The van der Waals surface area contributed by atoms with Gasteiger partial charge in [-0.1, -0.05) is 47.3 Å². The summed E-state index contributed by atoms with van der Waals surface area (Å²) < 4.78 is 0. The summed E-state index contributed by atoms with van der Waals surface area (Å²) in [5.74, 6) is 0. The molecule has 1 heteroatoms. The van der Waals surface area contributed by atoms with Crippen LogP contribution in [-0.4, -0.2) is 6.71 Å². The maximum absolute atomic E-state index is 4.19. The van der Waals surface area contributed by atoms with E-state index in [0.717, 1.165) is 13.1 Å². The van der Waals surface area contributed by atoms with E-state index in [9.17, 15) is 0 Å². The second-order valence-electron chi connectivity index (χ2n) is 5.88. The molecule has 13 heavy (non-hydrogen) atoms. The molecule has 0 spiro atoms. The molecule has 0 saturated carbocycles. The van der Waals surface area contributed by atoms with E-state index in [2.05, 4.69) is 41.2 Å². The molecular formula is C12H23B. The van der Waals surface area contributed by atoms with Crippen LogP contribution in [0.1, 0.15) is 41.0 Å². The zero-order chi connectivity index (χ0) is 10.3. The van der Waals surface area contributed by atoms with Crippen LogP contribution in [0.25, 0.3) is 0 Å². The molecule has 1 saturated heterocycles. The highest BCUT2D eigenvalue weighted by Gasteiger charge is 2.47. The first kappa shape index (κ1) is 10.9. The minimum Gasteiger partial charge on any atom is -0.109 e. The predicted octanol–water partition coefficient (Wildman–Crippen LogP) is 4.05. The largest absolute Gasteiger partial charge is 0.170 e. The molecule has 0 aromatic carbocycles. The minimum atomic E-state index is 0.482. The Morgan fingerprint density at radius 1 is 1.15 bits per heavy atom. The van der Waals surface area contributed by atoms with Crippen molar-refractivity contribution in [1.82, 2.24) is 0 Å².